The molecule has 2 aromatic carbocycles. The van der Waals surface area contributed by atoms with Gasteiger partial charge in [0.1, 0.15) is 6.54 Å². The summed E-state index contributed by atoms with van der Waals surface area (Å²) in [4.78, 5) is 35.6. The van der Waals surface area contributed by atoms with E-state index in [0.717, 1.165) is 0 Å². The van der Waals surface area contributed by atoms with E-state index in [1.54, 1.807) is 60.7 Å². The second-order valence-corrected chi connectivity index (χ2v) is 4.91. The number of rotatable bonds is 6. The summed E-state index contributed by atoms with van der Waals surface area (Å²) in [6.45, 7) is 1.21. The van der Waals surface area contributed by atoms with Crippen LogP contribution in [0.15, 0.2) is 60.7 Å². The van der Waals surface area contributed by atoms with Gasteiger partial charge < -0.3 is 10.1 Å². The summed E-state index contributed by atoms with van der Waals surface area (Å²) >= 11 is 0. The molecule has 0 saturated carbocycles. The van der Waals surface area contributed by atoms with Gasteiger partial charge in [0, 0.05) is 11.1 Å². The number of hydrogen-bond acceptors (Lipinski definition) is 4. The van der Waals surface area contributed by atoms with E-state index in [2.05, 4.69) is 5.32 Å². The maximum Gasteiger partial charge on any atom is 0.326 e. The molecule has 0 bridgehead atoms. The topological polar surface area (TPSA) is 72.5 Å². The quantitative estimate of drug-likeness (QED) is 0.656. The Morgan fingerprint density at radius 1 is 0.913 bits per heavy atom. The van der Waals surface area contributed by atoms with Gasteiger partial charge in [-0.3, -0.25) is 14.4 Å². The number of hydrogen-bond donors (Lipinski definition) is 1. The van der Waals surface area contributed by atoms with Gasteiger partial charge in [-0.1, -0.05) is 48.5 Å². The fraction of sp³-hybridized carbons (Fsp3) is 0.167. The zero-order valence-electron chi connectivity index (χ0n) is 12.7. The first-order valence-electron chi connectivity index (χ1n) is 7.20. The molecule has 0 heterocycles. The molecule has 1 atom stereocenters. The van der Waals surface area contributed by atoms with E-state index in [1.165, 1.54) is 6.92 Å². The van der Waals surface area contributed by atoms with E-state index in [4.69, 9.17) is 4.74 Å². The Balaban J connectivity index is 1.83. The lowest BCUT2D eigenvalue weighted by Gasteiger charge is -2.12. The van der Waals surface area contributed by atoms with Crippen molar-refractivity contribution in [1.29, 1.82) is 0 Å². The fourth-order valence-corrected chi connectivity index (χ4v) is 1.97. The monoisotopic (exact) mass is 311 g/mol. The molecule has 0 aliphatic rings. The number of carbonyl (C=O) groups is 3. The normalized spacial score (nSPS) is 11.3. The molecule has 2 rings (SSSR count). The summed E-state index contributed by atoms with van der Waals surface area (Å²) in [5, 5.41) is 2.46. The van der Waals surface area contributed by atoms with Gasteiger partial charge in [-0.15, -0.1) is 0 Å². The Bertz CT molecular complexity index is 683. The number of carbonyl (C=O) groups excluding carboxylic acids is 3. The standard InChI is InChI=1S/C18H17NO4/c1-13(17(21)14-8-4-2-5-9-14)23-16(20)12-19-18(22)15-10-6-3-7-11-15/h2-11,13H,12H2,1H3,(H,19,22)/t13-/m0/s1. The smallest absolute Gasteiger partial charge is 0.326 e. The Kier molecular flexibility index (Phi) is 5.63. The number of ether oxygens (including phenoxy) is 1. The molecule has 23 heavy (non-hydrogen) atoms. The van der Waals surface area contributed by atoms with E-state index < -0.39 is 12.1 Å². The number of esters is 1. The Hall–Kier alpha value is -2.95. The summed E-state index contributed by atoms with van der Waals surface area (Å²) in [5.74, 6) is -1.32. The highest BCUT2D eigenvalue weighted by Gasteiger charge is 2.19. The van der Waals surface area contributed by atoms with Crippen molar-refractivity contribution in [2.24, 2.45) is 0 Å². The number of ketones is 1. The molecular weight excluding hydrogens is 294 g/mol. The van der Waals surface area contributed by atoms with Gasteiger partial charge in [-0.25, -0.2) is 0 Å². The minimum Gasteiger partial charge on any atom is -0.453 e. The molecule has 5 heteroatoms. The minimum absolute atomic E-state index is 0.284. The van der Waals surface area contributed by atoms with Gasteiger partial charge >= 0.3 is 5.97 Å². The molecule has 0 radical (unpaired) electrons. The van der Waals surface area contributed by atoms with Crippen LogP contribution in [0.4, 0.5) is 0 Å². The lowest BCUT2D eigenvalue weighted by Crippen LogP contribution is -2.34. The predicted octanol–water partition coefficient (Wildman–Crippen LogP) is 2.23. The van der Waals surface area contributed by atoms with Crippen molar-refractivity contribution < 1.29 is 19.1 Å². The van der Waals surface area contributed by atoms with E-state index in [-0.39, 0.29) is 18.2 Å². The van der Waals surface area contributed by atoms with Crippen LogP contribution in [0.3, 0.4) is 0 Å². The summed E-state index contributed by atoms with van der Waals surface area (Å²) in [7, 11) is 0. The van der Waals surface area contributed by atoms with Crippen LogP contribution in [-0.2, 0) is 9.53 Å². The minimum atomic E-state index is -0.904. The lowest BCUT2D eigenvalue weighted by molar-refractivity contribution is -0.145. The zero-order chi connectivity index (χ0) is 16.7. The van der Waals surface area contributed by atoms with Crippen molar-refractivity contribution in [2.75, 3.05) is 6.54 Å². The third kappa shape index (κ3) is 4.78. The predicted molar refractivity (Wildman–Crippen MR) is 85.1 cm³/mol. The highest BCUT2D eigenvalue weighted by molar-refractivity contribution is 6.00. The Morgan fingerprint density at radius 3 is 2.00 bits per heavy atom. The molecule has 0 fully saturated rings. The van der Waals surface area contributed by atoms with Crippen LogP contribution >= 0.6 is 0 Å². The van der Waals surface area contributed by atoms with Crippen molar-refractivity contribution in [2.45, 2.75) is 13.0 Å². The van der Waals surface area contributed by atoms with Crippen molar-refractivity contribution in [3.8, 4) is 0 Å². The van der Waals surface area contributed by atoms with E-state index in [0.29, 0.717) is 11.1 Å². The average Bonchev–Trinajstić information content (AvgIpc) is 2.60. The molecule has 0 spiro atoms. The highest BCUT2D eigenvalue weighted by atomic mass is 16.5. The second kappa shape index (κ2) is 7.89. The van der Waals surface area contributed by atoms with Crippen molar-refractivity contribution in [3.63, 3.8) is 0 Å². The van der Waals surface area contributed by atoms with Crippen LogP contribution in [0.5, 0.6) is 0 Å². The van der Waals surface area contributed by atoms with Gasteiger partial charge in [0.15, 0.2) is 6.10 Å². The van der Waals surface area contributed by atoms with Crippen molar-refractivity contribution in [3.05, 3.63) is 71.8 Å². The first-order chi connectivity index (χ1) is 11.1. The molecule has 1 amide bonds. The highest BCUT2D eigenvalue weighted by Crippen LogP contribution is 2.06. The van der Waals surface area contributed by atoms with E-state index in [1.807, 2.05) is 0 Å². The molecule has 5 nitrogen and oxygen atoms in total. The van der Waals surface area contributed by atoms with Gasteiger partial charge in [-0.2, -0.15) is 0 Å². The average molecular weight is 311 g/mol. The van der Waals surface area contributed by atoms with E-state index in [9.17, 15) is 14.4 Å². The Morgan fingerprint density at radius 2 is 1.43 bits per heavy atom. The van der Waals surface area contributed by atoms with Crippen LogP contribution in [0, 0.1) is 0 Å². The first-order valence-corrected chi connectivity index (χ1v) is 7.20. The summed E-state index contributed by atoms with van der Waals surface area (Å²) < 4.78 is 5.05. The van der Waals surface area contributed by atoms with Gasteiger partial charge in [0.2, 0.25) is 5.78 Å². The van der Waals surface area contributed by atoms with Gasteiger partial charge in [-0.05, 0) is 19.1 Å². The van der Waals surface area contributed by atoms with Crippen LogP contribution < -0.4 is 5.32 Å². The zero-order valence-corrected chi connectivity index (χ0v) is 12.7. The third-order valence-electron chi connectivity index (χ3n) is 3.17. The molecule has 2 aromatic rings. The molecule has 0 aromatic heterocycles. The lowest BCUT2D eigenvalue weighted by atomic mass is 10.1. The molecule has 0 aliphatic carbocycles. The summed E-state index contributed by atoms with van der Waals surface area (Å²) in [6, 6.07) is 17.1. The maximum atomic E-state index is 12.1. The fourth-order valence-electron chi connectivity index (χ4n) is 1.97. The number of amides is 1. The molecular formula is C18H17NO4. The molecule has 1 N–H and O–H groups in total. The third-order valence-corrected chi connectivity index (χ3v) is 3.17. The molecule has 0 aliphatic heterocycles. The summed E-state index contributed by atoms with van der Waals surface area (Å²) in [6.07, 6.45) is -0.904. The molecule has 0 unspecified atom stereocenters. The first kappa shape index (κ1) is 16.4. The van der Waals surface area contributed by atoms with Crippen LogP contribution in [0.25, 0.3) is 0 Å². The maximum absolute atomic E-state index is 12.1. The van der Waals surface area contributed by atoms with Crippen molar-refractivity contribution >= 4 is 17.7 Å². The molecule has 118 valence electrons. The largest absolute Gasteiger partial charge is 0.453 e. The van der Waals surface area contributed by atoms with E-state index >= 15 is 0 Å². The van der Waals surface area contributed by atoms with Crippen molar-refractivity contribution in [1.82, 2.24) is 5.32 Å². The SMILES string of the molecule is C[C@H](OC(=O)CNC(=O)c1ccccc1)C(=O)c1ccccc1. The second-order valence-electron chi connectivity index (χ2n) is 4.91. The van der Waals surface area contributed by atoms with Crippen LogP contribution in [0.1, 0.15) is 27.6 Å². The molecule has 0 saturated heterocycles. The van der Waals surface area contributed by atoms with Gasteiger partial charge in [0.25, 0.3) is 5.91 Å². The number of benzene rings is 2. The van der Waals surface area contributed by atoms with Crippen LogP contribution in [-0.4, -0.2) is 30.3 Å². The number of nitrogens with one attached hydrogen (secondary N) is 1. The Labute approximate surface area is 134 Å². The number of Topliss-reactive ketones (excluding diaryl/α,β-unsaturated/α-hetero) is 1. The van der Waals surface area contributed by atoms with Gasteiger partial charge in [0.05, 0.1) is 0 Å². The summed E-state index contributed by atoms with van der Waals surface area (Å²) in [5.41, 5.74) is 0.926. The van der Waals surface area contributed by atoms with Crippen LogP contribution in [0.2, 0.25) is 0 Å².